The lowest BCUT2D eigenvalue weighted by Crippen LogP contribution is -2.60. The van der Waals surface area contributed by atoms with Gasteiger partial charge in [-0.15, -0.1) is 0 Å². The van der Waals surface area contributed by atoms with E-state index in [0.29, 0.717) is 16.9 Å². The molecule has 1 fully saturated rings. The van der Waals surface area contributed by atoms with Gasteiger partial charge in [0.25, 0.3) is 0 Å². The molecule has 1 aromatic heterocycles. The molecule has 0 amide bonds. The highest BCUT2D eigenvalue weighted by Gasteiger charge is 2.46. The Morgan fingerprint density at radius 3 is 2.60 bits per heavy atom. The van der Waals surface area contributed by atoms with E-state index in [1.54, 1.807) is 18.2 Å². The Balaban J connectivity index is 1.47. The topological polar surface area (TPSA) is 159 Å². The Morgan fingerprint density at radius 1 is 1.13 bits per heavy atom. The molecular formula is C20H24O10. The smallest absolute Gasteiger partial charge is 0.336 e. The van der Waals surface area contributed by atoms with E-state index in [4.69, 9.17) is 18.6 Å². The third-order valence-corrected chi connectivity index (χ3v) is 5.59. The van der Waals surface area contributed by atoms with E-state index in [9.17, 15) is 30.3 Å². The molecule has 30 heavy (non-hydrogen) atoms. The van der Waals surface area contributed by atoms with Crippen molar-refractivity contribution in [3.8, 4) is 5.75 Å². The van der Waals surface area contributed by atoms with Crippen LogP contribution >= 0.6 is 0 Å². The zero-order chi connectivity index (χ0) is 21.6. The van der Waals surface area contributed by atoms with Gasteiger partial charge < -0.3 is 44.2 Å². The lowest BCUT2D eigenvalue weighted by Gasteiger charge is -2.40. The lowest BCUT2D eigenvalue weighted by atomic mass is 9.95. The summed E-state index contributed by atoms with van der Waals surface area (Å²) in [5.41, 5.74) is -0.979. The Morgan fingerprint density at radius 2 is 1.87 bits per heavy atom. The van der Waals surface area contributed by atoms with Gasteiger partial charge in [-0.1, -0.05) is 0 Å². The average Bonchev–Trinajstić information content (AvgIpc) is 3.17. The molecule has 0 spiro atoms. The van der Waals surface area contributed by atoms with Crippen molar-refractivity contribution in [3.63, 3.8) is 0 Å². The molecule has 4 rings (SSSR count). The first kappa shape index (κ1) is 21.2. The fraction of sp³-hybridized carbons (Fsp3) is 0.550. The number of hydrogen-bond donors (Lipinski definition) is 5. The molecule has 2 aliphatic rings. The molecule has 0 radical (unpaired) electrons. The number of fused-ring (bicyclic) bond motifs is 3. The Kier molecular flexibility index (Phi) is 5.58. The van der Waals surface area contributed by atoms with Crippen molar-refractivity contribution in [2.24, 2.45) is 0 Å². The maximum absolute atomic E-state index is 11.6. The van der Waals surface area contributed by atoms with Gasteiger partial charge in [0.15, 0.2) is 6.29 Å². The van der Waals surface area contributed by atoms with Crippen molar-refractivity contribution >= 4 is 11.0 Å². The van der Waals surface area contributed by atoms with Crippen LogP contribution in [0.1, 0.15) is 12.5 Å². The molecule has 2 aliphatic heterocycles. The van der Waals surface area contributed by atoms with Crippen LogP contribution in [-0.2, 0) is 15.9 Å². The second-order valence-corrected chi connectivity index (χ2v) is 7.89. The number of benzene rings is 1. The molecule has 1 aromatic carbocycles. The highest BCUT2D eigenvalue weighted by Crippen LogP contribution is 2.38. The van der Waals surface area contributed by atoms with Crippen LogP contribution in [0.5, 0.6) is 5.75 Å². The van der Waals surface area contributed by atoms with Gasteiger partial charge in [0.2, 0.25) is 0 Å². The summed E-state index contributed by atoms with van der Waals surface area (Å²) in [6.45, 7) is 0.558. The molecule has 0 aliphatic carbocycles. The van der Waals surface area contributed by atoms with Gasteiger partial charge in [-0.2, -0.15) is 0 Å². The summed E-state index contributed by atoms with van der Waals surface area (Å²) < 4.78 is 21.9. The molecule has 1 saturated heterocycles. The molecule has 5 N–H and O–H groups in total. The van der Waals surface area contributed by atoms with Crippen LogP contribution in [0.15, 0.2) is 33.5 Å². The van der Waals surface area contributed by atoms with Crippen molar-refractivity contribution in [1.29, 1.82) is 0 Å². The minimum Gasteiger partial charge on any atom is -0.487 e. The molecule has 3 heterocycles. The molecule has 7 atom stereocenters. The van der Waals surface area contributed by atoms with Gasteiger partial charge in [0, 0.05) is 23.4 Å². The van der Waals surface area contributed by atoms with Crippen LogP contribution in [0.25, 0.3) is 11.0 Å². The summed E-state index contributed by atoms with van der Waals surface area (Å²) in [7, 11) is 0. The van der Waals surface area contributed by atoms with Crippen molar-refractivity contribution in [1.82, 2.24) is 0 Å². The van der Waals surface area contributed by atoms with Gasteiger partial charge >= 0.3 is 5.63 Å². The van der Waals surface area contributed by atoms with E-state index in [2.05, 4.69) is 0 Å². The SMILES string of the molecule is C[C@@](O)(CO[C@@H]1O[C@H](CO)[C@@H](O)[C@H](O)[C@H]1O)[C@@H]1Cc2c(ccc3ccc(=O)oc23)O1. The zero-order valence-corrected chi connectivity index (χ0v) is 16.2. The quantitative estimate of drug-likeness (QED) is 0.364. The zero-order valence-electron chi connectivity index (χ0n) is 16.2. The summed E-state index contributed by atoms with van der Waals surface area (Å²) in [5.74, 6) is 0.481. The van der Waals surface area contributed by atoms with E-state index in [-0.39, 0.29) is 13.0 Å². The second kappa shape index (κ2) is 7.89. The molecule has 2 aromatic rings. The fourth-order valence-corrected chi connectivity index (χ4v) is 3.75. The standard InChI is InChI=1S/C20H24O10/c1-20(26,8-27-19-17(25)16(24)15(23)12(7-21)29-19)13-6-10-11(28-13)4-2-9-3-5-14(22)30-18(9)10/h2-5,12-13,15-17,19,21,23-26H,6-8H2,1H3/t12-,13+,15-,16+,17-,19-,20-/m1/s1. The normalized spacial score (nSPS) is 33.1. The average molecular weight is 424 g/mol. The molecule has 0 unspecified atom stereocenters. The molecule has 164 valence electrons. The monoisotopic (exact) mass is 424 g/mol. The Hall–Kier alpha value is -2.05. The minimum absolute atomic E-state index is 0.255. The molecular weight excluding hydrogens is 400 g/mol. The number of rotatable bonds is 5. The first-order valence-corrected chi connectivity index (χ1v) is 9.58. The van der Waals surface area contributed by atoms with Crippen LogP contribution in [0.2, 0.25) is 0 Å². The van der Waals surface area contributed by atoms with E-state index >= 15 is 0 Å². The van der Waals surface area contributed by atoms with Crippen molar-refractivity contribution in [3.05, 3.63) is 40.2 Å². The van der Waals surface area contributed by atoms with Crippen molar-refractivity contribution in [2.45, 2.75) is 55.8 Å². The maximum atomic E-state index is 11.6. The Labute approximate surface area is 170 Å². The first-order valence-electron chi connectivity index (χ1n) is 9.58. The van der Waals surface area contributed by atoms with E-state index in [0.717, 1.165) is 5.39 Å². The third kappa shape index (κ3) is 3.71. The minimum atomic E-state index is -1.58. The van der Waals surface area contributed by atoms with Crippen molar-refractivity contribution in [2.75, 3.05) is 13.2 Å². The maximum Gasteiger partial charge on any atom is 0.336 e. The number of hydrogen-bond acceptors (Lipinski definition) is 10. The van der Waals surface area contributed by atoms with Crippen LogP contribution < -0.4 is 10.4 Å². The van der Waals surface area contributed by atoms with E-state index in [1.807, 2.05) is 0 Å². The van der Waals surface area contributed by atoms with Crippen LogP contribution in [0.3, 0.4) is 0 Å². The van der Waals surface area contributed by atoms with Crippen LogP contribution in [-0.4, -0.2) is 81.2 Å². The van der Waals surface area contributed by atoms with Gasteiger partial charge in [-0.05, 0) is 25.1 Å². The van der Waals surface area contributed by atoms with E-state index in [1.165, 1.54) is 13.0 Å². The summed E-state index contributed by atoms with van der Waals surface area (Å²) in [6.07, 6.45) is -7.61. The summed E-state index contributed by atoms with van der Waals surface area (Å²) in [5, 5.41) is 50.7. The number of aliphatic hydroxyl groups excluding tert-OH is 4. The van der Waals surface area contributed by atoms with Gasteiger partial charge in [0.1, 0.15) is 47.5 Å². The first-order chi connectivity index (χ1) is 14.2. The summed E-state index contributed by atoms with van der Waals surface area (Å²) in [6, 6.07) is 6.45. The van der Waals surface area contributed by atoms with E-state index < -0.39 is 54.6 Å². The van der Waals surface area contributed by atoms with Gasteiger partial charge in [-0.25, -0.2) is 4.79 Å². The lowest BCUT2D eigenvalue weighted by molar-refractivity contribution is -0.310. The Bertz CT molecular complexity index is 968. The number of aliphatic hydroxyl groups is 5. The highest BCUT2D eigenvalue weighted by atomic mass is 16.7. The summed E-state index contributed by atoms with van der Waals surface area (Å²) in [4.78, 5) is 11.6. The summed E-state index contributed by atoms with van der Waals surface area (Å²) >= 11 is 0. The number of ether oxygens (including phenoxy) is 3. The van der Waals surface area contributed by atoms with Crippen molar-refractivity contribution < 1.29 is 44.2 Å². The third-order valence-electron chi connectivity index (χ3n) is 5.59. The molecule has 0 bridgehead atoms. The predicted octanol–water partition coefficient (Wildman–Crippen LogP) is -1.34. The fourth-order valence-electron chi connectivity index (χ4n) is 3.75. The predicted molar refractivity (Wildman–Crippen MR) is 101 cm³/mol. The van der Waals surface area contributed by atoms with Crippen LogP contribution in [0, 0.1) is 0 Å². The molecule has 10 heteroatoms. The molecule has 0 saturated carbocycles. The van der Waals surface area contributed by atoms with Gasteiger partial charge in [-0.3, -0.25) is 0 Å². The largest absolute Gasteiger partial charge is 0.487 e. The molecule has 10 nitrogen and oxygen atoms in total. The highest BCUT2D eigenvalue weighted by molar-refractivity contribution is 5.82. The van der Waals surface area contributed by atoms with Crippen LogP contribution in [0.4, 0.5) is 0 Å². The van der Waals surface area contributed by atoms with Gasteiger partial charge in [0.05, 0.1) is 13.2 Å². The second-order valence-electron chi connectivity index (χ2n) is 7.89.